The number of rotatable bonds is 4. The molecule has 0 bridgehead atoms. The number of nitrogens with zero attached hydrogens (tertiary/aromatic N) is 3. The van der Waals surface area contributed by atoms with Gasteiger partial charge in [-0.1, -0.05) is 11.6 Å². The molecule has 0 saturated carbocycles. The van der Waals surface area contributed by atoms with Gasteiger partial charge in [0.1, 0.15) is 11.6 Å². The average molecular weight is 412 g/mol. The summed E-state index contributed by atoms with van der Waals surface area (Å²) in [6, 6.07) is 14.9. The van der Waals surface area contributed by atoms with E-state index in [-0.39, 0.29) is 11.9 Å². The first-order valence-corrected chi connectivity index (χ1v) is 10.4. The van der Waals surface area contributed by atoms with Crippen LogP contribution in [0.1, 0.15) is 26.7 Å². The number of amides is 1. The van der Waals surface area contributed by atoms with Crippen molar-refractivity contribution in [1.29, 1.82) is 0 Å². The van der Waals surface area contributed by atoms with E-state index >= 15 is 0 Å². The maximum atomic E-state index is 13.5. The first kappa shape index (κ1) is 19.9. The predicted octanol–water partition coefficient (Wildman–Crippen LogP) is 4.92. The van der Waals surface area contributed by atoms with Crippen molar-refractivity contribution >= 4 is 34.7 Å². The van der Waals surface area contributed by atoms with Crippen molar-refractivity contribution in [2.45, 2.75) is 32.7 Å². The van der Waals surface area contributed by atoms with Gasteiger partial charge in [0.2, 0.25) is 5.91 Å². The van der Waals surface area contributed by atoms with Gasteiger partial charge in [0.25, 0.3) is 0 Å². The SMILES string of the molecule is COc1ccc(N=C2[C@@H](N3CCCC3)C(C)(C)C(=O)N2c2ccc(Cl)cc2)cc1. The van der Waals surface area contributed by atoms with Gasteiger partial charge in [-0.15, -0.1) is 0 Å². The van der Waals surface area contributed by atoms with Gasteiger partial charge in [0.05, 0.1) is 29.9 Å². The zero-order valence-electron chi connectivity index (χ0n) is 17.1. The van der Waals surface area contributed by atoms with Crippen LogP contribution in [0.15, 0.2) is 53.5 Å². The number of hydrogen-bond donors (Lipinski definition) is 0. The summed E-state index contributed by atoms with van der Waals surface area (Å²) in [6.07, 6.45) is 2.30. The highest BCUT2D eigenvalue weighted by Crippen LogP contribution is 2.41. The Morgan fingerprint density at radius 2 is 1.66 bits per heavy atom. The third-order valence-electron chi connectivity index (χ3n) is 5.82. The molecule has 2 aromatic rings. The number of carbonyl (C=O) groups is 1. The Kier molecular flexibility index (Phi) is 5.36. The molecular weight excluding hydrogens is 386 g/mol. The summed E-state index contributed by atoms with van der Waals surface area (Å²) in [4.78, 5) is 22.7. The number of carbonyl (C=O) groups excluding carboxylic acids is 1. The van der Waals surface area contributed by atoms with Crippen LogP contribution in [0.3, 0.4) is 0 Å². The quantitative estimate of drug-likeness (QED) is 0.717. The third-order valence-corrected chi connectivity index (χ3v) is 6.07. The van der Waals surface area contributed by atoms with Crippen molar-refractivity contribution in [3.8, 4) is 5.75 Å². The minimum Gasteiger partial charge on any atom is -0.497 e. The fraction of sp³-hybridized carbons (Fsp3) is 0.391. The smallest absolute Gasteiger partial charge is 0.240 e. The molecule has 0 spiro atoms. The van der Waals surface area contributed by atoms with E-state index in [4.69, 9.17) is 21.3 Å². The van der Waals surface area contributed by atoms with Crippen molar-refractivity contribution in [2.75, 3.05) is 25.1 Å². The fourth-order valence-electron chi connectivity index (χ4n) is 4.31. The molecule has 0 aliphatic carbocycles. The highest BCUT2D eigenvalue weighted by molar-refractivity contribution is 6.31. The molecule has 2 aromatic carbocycles. The van der Waals surface area contributed by atoms with E-state index in [9.17, 15) is 4.79 Å². The molecule has 2 fully saturated rings. The normalized spacial score (nSPS) is 23.2. The fourth-order valence-corrected chi connectivity index (χ4v) is 4.44. The van der Waals surface area contributed by atoms with Crippen LogP contribution in [0, 0.1) is 5.41 Å². The number of likely N-dealkylation sites (tertiary alicyclic amines) is 1. The summed E-state index contributed by atoms with van der Waals surface area (Å²) in [5, 5.41) is 0.643. The molecule has 5 nitrogen and oxygen atoms in total. The number of ether oxygens (including phenoxy) is 1. The van der Waals surface area contributed by atoms with Gasteiger partial charge >= 0.3 is 0 Å². The lowest BCUT2D eigenvalue weighted by Crippen LogP contribution is -2.46. The van der Waals surface area contributed by atoms with Gasteiger partial charge in [-0.25, -0.2) is 4.99 Å². The van der Waals surface area contributed by atoms with Crippen LogP contribution in [0.4, 0.5) is 11.4 Å². The minimum atomic E-state index is -0.574. The van der Waals surface area contributed by atoms with Crippen LogP contribution in [0.5, 0.6) is 5.75 Å². The average Bonchev–Trinajstić information content (AvgIpc) is 3.29. The standard InChI is InChI=1S/C23H26ClN3O2/c1-23(2)20(26-14-4-5-15-26)21(25-17-8-12-19(29-3)13-9-17)27(22(23)28)18-10-6-16(24)7-11-18/h6-13,20H,4-5,14-15H2,1-3H3/t20-/m1/s1. The molecule has 6 heteroatoms. The number of hydrogen-bond acceptors (Lipinski definition) is 4. The van der Waals surface area contributed by atoms with Gasteiger partial charge < -0.3 is 4.74 Å². The van der Waals surface area contributed by atoms with E-state index < -0.39 is 5.41 Å². The van der Waals surface area contributed by atoms with E-state index in [1.54, 1.807) is 12.0 Å². The van der Waals surface area contributed by atoms with E-state index in [2.05, 4.69) is 4.90 Å². The Bertz CT molecular complexity index is 916. The molecule has 2 aliphatic heterocycles. The van der Waals surface area contributed by atoms with Crippen LogP contribution < -0.4 is 9.64 Å². The Morgan fingerprint density at radius 3 is 2.24 bits per heavy atom. The van der Waals surface area contributed by atoms with E-state index in [0.717, 1.165) is 48.9 Å². The summed E-state index contributed by atoms with van der Waals surface area (Å²) >= 11 is 6.08. The van der Waals surface area contributed by atoms with Crippen molar-refractivity contribution < 1.29 is 9.53 Å². The number of anilines is 1. The Balaban J connectivity index is 1.83. The molecule has 2 saturated heterocycles. The topological polar surface area (TPSA) is 45.1 Å². The lowest BCUT2D eigenvalue weighted by Gasteiger charge is -2.31. The van der Waals surface area contributed by atoms with Crippen molar-refractivity contribution in [3.63, 3.8) is 0 Å². The Labute approximate surface area is 176 Å². The van der Waals surface area contributed by atoms with Crippen molar-refractivity contribution in [2.24, 2.45) is 10.4 Å². The lowest BCUT2D eigenvalue weighted by atomic mass is 9.85. The maximum Gasteiger partial charge on any atom is 0.240 e. The molecule has 29 heavy (non-hydrogen) atoms. The van der Waals surface area contributed by atoms with E-state index in [1.165, 1.54) is 0 Å². The monoisotopic (exact) mass is 411 g/mol. The van der Waals surface area contributed by atoms with Crippen LogP contribution >= 0.6 is 11.6 Å². The molecule has 152 valence electrons. The van der Waals surface area contributed by atoms with Gasteiger partial charge in [0, 0.05) is 5.02 Å². The minimum absolute atomic E-state index is 0.0592. The van der Waals surface area contributed by atoms with Crippen LogP contribution in [-0.4, -0.2) is 42.9 Å². The third kappa shape index (κ3) is 3.65. The summed E-state index contributed by atoms with van der Waals surface area (Å²) in [6.45, 7) is 6.02. The van der Waals surface area contributed by atoms with Crippen molar-refractivity contribution in [1.82, 2.24) is 4.90 Å². The summed E-state index contributed by atoms with van der Waals surface area (Å²) < 4.78 is 5.26. The second-order valence-electron chi connectivity index (χ2n) is 8.15. The van der Waals surface area contributed by atoms with Gasteiger partial charge in [-0.05, 0) is 88.3 Å². The Hall–Kier alpha value is -2.37. The lowest BCUT2D eigenvalue weighted by molar-refractivity contribution is -0.125. The zero-order valence-corrected chi connectivity index (χ0v) is 17.8. The molecule has 1 amide bonds. The molecule has 0 unspecified atom stereocenters. The summed E-state index contributed by atoms with van der Waals surface area (Å²) in [5.74, 6) is 1.61. The number of halogens is 1. The zero-order chi connectivity index (χ0) is 20.6. The molecule has 0 N–H and O–H groups in total. The second-order valence-corrected chi connectivity index (χ2v) is 8.59. The summed E-state index contributed by atoms with van der Waals surface area (Å²) in [5.41, 5.74) is 1.02. The molecule has 0 radical (unpaired) electrons. The summed E-state index contributed by atoms with van der Waals surface area (Å²) in [7, 11) is 1.64. The predicted molar refractivity (Wildman–Crippen MR) is 117 cm³/mol. The van der Waals surface area contributed by atoms with E-state index in [1.807, 2.05) is 62.4 Å². The molecule has 2 aliphatic rings. The highest BCUT2D eigenvalue weighted by Gasteiger charge is 2.55. The van der Waals surface area contributed by atoms with Gasteiger partial charge in [-0.3, -0.25) is 14.6 Å². The molecular formula is C23H26ClN3O2. The number of benzene rings is 2. The van der Waals surface area contributed by atoms with Gasteiger partial charge in [-0.2, -0.15) is 0 Å². The van der Waals surface area contributed by atoms with Crippen LogP contribution in [0.25, 0.3) is 0 Å². The highest BCUT2D eigenvalue weighted by atomic mass is 35.5. The number of aliphatic imine (C=N–C) groups is 1. The van der Waals surface area contributed by atoms with Gasteiger partial charge in [0.15, 0.2) is 0 Å². The molecule has 4 rings (SSSR count). The van der Waals surface area contributed by atoms with Crippen LogP contribution in [0.2, 0.25) is 5.02 Å². The second kappa shape index (κ2) is 7.81. The van der Waals surface area contributed by atoms with E-state index in [0.29, 0.717) is 5.02 Å². The van der Waals surface area contributed by atoms with Crippen LogP contribution in [-0.2, 0) is 4.79 Å². The molecule has 0 aromatic heterocycles. The maximum absolute atomic E-state index is 13.5. The largest absolute Gasteiger partial charge is 0.497 e. The number of methoxy groups -OCH3 is 1. The first-order chi connectivity index (χ1) is 13.9. The molecule has 2 heterocycles. The Morgan fingerprint density at radius 1 is 1.03 bits per heavy atom. The van der Waals surface area contributed by atoms with Crippen molar-refractivity contribution in [3.05, 3.63) is 53.6 Å². The molecule has 1 atom stereocenters. The first-order valence-electron chi connectivity index (χ1n) is 9.98. The number of amidine groups is 1.